The average molecular weight is 327 g/mol. The van der Waals surface area contributed by atoms with Crippen molar-refractivity contribution in [3.05, 3.63) is 35.9 Å². The Kier molecular flexibility index (Phi) is 3.86. The first-order valence-corrected chi connectivity index (χ1v) is 8.32. The Bertz CT molecular complexity index is 764. The van der Waals surface area contributed by atoms with Crippen LogP contribution in [0.25, 0.3) is 10.9 Å². The highest BCUT2D eigenvalue weighted by molar-refractivity contribution is 6.07. The van der Waals surface area contributed by atoms with E-state index in [0.717, 1.165) is 23.7 Å². The van der Waals surface area contributed by atoms with Crippen molar-refractivity contribution in [2.24, 2.45) is 5.41 Å². The summed E-state index contributed by atoms with van der Waals surface area (Å²) in [5, 5.41) is 16.7. The number of carbonyl (C=O) groups excluding carboxylic acids is 1. The van der Waals surface area contributed by atoms with E-state index in [1.165, 1.54) is 0 Å². The zero-order chi connectivity index (χ0) is 16.6. The van der Waals surface area contributed by atoms with Crippen LogP contribution in [0, 0.1) is 5.41 Å². The molecule has 1 aromatic carbocycles. The maximum Gasteiger partial charge on any atom is 0.252 e. The minimum Gasteiger partial charge on any atom is -0.396 e. The van der Waals surface area contributed by atoms with Gasteiger partial charge in [0.2, 0.25) is 0 Å². The molecule has 6 nitrogen and oxygen atoms in total. The first-order chi connectivity index (χ1) is 11.7. The number of hydrogen-bond acceptors (Lipinski definition) is 5. The molecule has 3 N–H and O–H groups in total. The molecule has 1 aliphatic heterocycles. The highest BCUT2D eigenvalue weighted by Crippen LogP contribution is 2.28. The SMILES string of the molecule is O=C(NC1CC1)c1cc(NCC2(CO)COC2)nc2ccccc12. The number of pyridine rings is 1. The van der Waals surface area contributed by atoms with Crippen molar-refractivity contribution in [2.45, 2.75) is 18.9 Å². The van der Waals surface area contributed by atoms with Gasteiger partial charge in [0.05, 0.1) is 36.3 Å². The summed E-state index contributed by atoms with van der Waals surface area (Å²) >= 11 is 0. The van der Waals surface area contributed by atoms with Gasteiger partial charge in [-0.15, -0.1) is 0 Å². The van der Waals surface area contributed by atoms with Gasteiger partial charge in [0.25, 0.3) is 5.91 Å². The van der Waals surface area contributed by atoms with Gasteiger partial charge in [-0.1, -0.05) is 18.2 Å². The van der Waals surface area contributed by atoms with Crippen LogP contribution in [0.5, 0.6) is 0 Å². The number of rotatable bonds is 6. The molecule has 0 unspecified atom stereocenters. The number of aliphatic hydroxyl groups excluding tert-OH is 1. The molecule has 0 radical (unpaired) electrons. The van der Waals surface area contributed by atoms with E-state index in [1.54, 1.807) is 6.07 Å². The predicted octanol–water partition coefficient (Wildman–Crippen LogP) is 1.55. The Hall–Kier alpha value is -2.18. The number of anilines is 1. The van der Waals surface area contributed by atoms with Gasteiger partial charge in [-0.2, -0.15) is 0 Å². The van der Waals surface area contributed by atoms with Crippen LogP contribution >= 0.6 is 0 Å². The molecule has 1 saturated carbocycles. The maximum absolute atomic E-state index is 12.6. The molecule has 0 spiro atoms. The van der Waals surface area contributed by atoms with Crippen molar-refractivity contribution >= 4 is 22.6 Å². The third-order valence-electron chi connectivity index (χ3n) is 4.67. The van der Waals surface area contributed by atoms with Gasteiger partial charge in [-0.05, 0) is 25.0 Å². The summed E-state index contributed by atoms with van der Waals surface area (Å²) in [4.78, 5) is 17.2. The number of amides is 1. The first kappa shape index (κ1) is 15.4. The first-order valence-electron chi connectivity index (χ1n) is 8.32. The monoisotopic (exact) mass is 327 g/mol. The molecule has 1 aliphatic carbocycles. The summed E-state index contributed by atoms with van der Waals surface area (Å²) < 4.78 is 5.22. The lowest BCUT2D eigenvalue weighted by molar-refractivity contribution is -0.128. The minimum absolute atomic E-state index is 0.0528. The average Bonchev–Trinajstić information content (AvgIpc) is 3.37. The Morgan fingerprint density at radius 1 is 1.33 bits per heavy atom. The van der Waals surface area contributed by atoms with Gasteiger partial charge in [0.15, 0.2) is 0 Å². The van der Waals surface area contributed by atoms with E-state index in [-0.39, 0.29) is 17.9 Å². The summed E-state index contributed by atoms with van der Waals surface area (Å²) in [5.74, 6) is 0.595. The molecule has 0 atom stereocenters. The van der Waals surface area contributed by atoms with Crippen LogP contribution < -0.4 is 10.6 Å². The van der Waals surface area contributed by atoms with E-state index in [9.17, 15) is 9.90 Å². The second-order valence-electron chi connectivity index (χ2n) is 6.82. The molecule has 0 bridgehead atoms. The van der Waals surface area contributed by atoms with Crippen LogP contribution in [0.15, 0.2) is 30.3 Å². The number of benzene rings is 1. The molecule has 2 heterocycles. The number of para-hydroxylation sites is 1. The quantitative estimate of drug-likeness (QED) is 0.750. The zero-order valence-corrected chi connectivity index (χ0v) is 13.4. The molecule has 2 aliphatic rings. The lowest BCUT2D eigenvalue weighted by Crippen LogP contribution is -2.50. The number of aliphatic hydroxyl groups is 1. The Morgan fingerprint density at radius 3 is 2.79 bits per heavy atom. The van der Waals surface area contributed by atoms with Gasteiger partial charge < -0.3 is 20.5 Å². The van der Waals surface area contributed by atoms with E-state index in [1.807, 2.05) is 24.3 Å². The van der Waals surface area contributed by atoms with Gasteiger partial charge >= 0.3 is 0 Å². The summed E-state index contributed by atoms with van der Waals surface area (Å²) in [6, 6.07) is 9.76. The minimum atomic E-state index is -0.246. The maximum atomic E-state index is 12.6. The van der Waals surface area contributed by atoms with Gasteiger partial charge in [-0.25, -0.2) is 4.98 Å². The van der Waals surface area contributed by atoms with Crippen molar-refractivity contribution in [1.82, 2.24) is 10.3 Å². The Balaban J connectivity index is 1.61. The Morgan fingerprint density at radius 2 is 2.12 bits per heavy atom. The van der Waals surface area contributed by atoms with Crippen LogP contribution in [0.2, 0.25) is 0 Å². The van der Waals surface area contributed by atoms with Crippen LogP contribution in [0.1, 0.15) is 23.2 Å². The molecule has 1 aromatic heterocycles. The van der Waals surface area contributed by atoms with Gasteiger partial charge in [-0.3, -0.25) is 4.79 Å². The summed E-state index contributed by atoms with van der Waals surface area (Å²) in [6.07, 6.45) is 2.11. The standard InChI is InChI=1S/C18H21N3O3/c22-9-18(10-24-11-18)8-19-16-7-14(17(23)20-12-5-6-12)13-3-1-2-4-15(13)21-16/h1-4,7,12,22H,5-6,8-11H2,(H,19,21)(H,20,23). The van der Waals surface area contributed by atoms with E-state index >= 15 is 0 Å². The molecule has 2 fully saturated rings. The van der Waals surface area contributed by atoms with Crippen LogP contribution in [0.3, 0.4) is 0 Å². The fraction of sp³-hybridized carbons (Fsp3) is 0.444. The molecule has 6 heteroatoms. The second-order valence-corrected chi connectivity index (χ2v) is 6.82. The van der Waals surface area contributed by atoms with Crippen molar-refractivity contribution in [2.75, 3.05) is 31.7 Å². The fourth-order valence-electron chi connectivity index (χ4n) is 2.86. The summed E-state index contributed by atoms with van der Waals surface area (Å²) in [7, 11) is 0. The molecule has 24 heavy (non-hydrogen) atoms. The van der Waals surface area contributed by atoms with Crippen LogP contribution in [0.4, 0.5) is 5.82 Å². The number of carbonyl (C=O) groups is 1. The van der Waals surface area contributed by atoms with E-state index in [2.05, 4.69) is 15.6 Å². The molecular weight excluding hydrogens is 306 g/mol. The lowest BCUT2D eigenvalue weighted by atomic mass is 9.87. The summed E-state index contributed by atoms with van der Waals surface area (Å²) in [6.45, 7) is 1.72. The Labute approximate surface area is 140 Å². The molecule has 4 rings (SSSR count). The smallest absolute Gasteiger partial charge is 0.252 e. The summed E-state index contributed by atoms with van der Waals surface area (Å²) in [5.41, 5.74) is 1.17. The third kappa shape index (κ3) is 2.95. The topological polar surface area (TPSA) is 83.5 Å². The number of nitrogens with one attached hydrogen (secondary N) is 2. The molecule has 126 valence electrons. The largest absolute Gasteiger partial charge is 0.396 e. The van der Waals surface area contributed by atoms with E-state index < -0.39 is 0 Å². The van der Waals surface area contributed by atoms with Crippen molar-refractivity contribution in [1.29, 1.82) is 0 Å². The number of aromatic nitrogens is 1. The van der Waals surface area contributed by atoms with Crippen molar-refractivity contribution in [3.8, 4) is 0 Å². The highest BCUT2D eigenvalue weighted by Gasteiger charge is 2.38. The van der Waals surface area contributed by atoms with E-state index in [4.69, 9.17) is 4.74 Å². The molecular formula is C18H21N3O3. The molecule has 1 amide bonds. The van der Waals surface area contributed by atoms with Crippen LogP contribution in [-0.4, -0.2) is 48.4 Å². The van der Waals surface area contributed by atoms with Crippen molar-refractivity contribution in [3.63, 3.8) is 0 Å². The number of fused-ring (bicyclic) bond motifs is 1. The number of ether oxygens (including phenoxy) is 1. The van der Waals surface area contributed by atoms with Crippen LogP contribution in [-0.2, 0) is 4.74 Å². The molecule has 2 aromatic rings. The number of hydrogen-bond donors (Lipinski definition) is 3. The predicted molar refractivity (Wildman–Crippen MR) is 91.1 cm³/mol. The van der Waals surface area contributed by atoms with Gasteiger partial charge in [0.1, 0.15) is 5.82 Å². The zero-order valence-electron chi connectivity index (χ0n) is 13.4. The molecule has 1 saturated heterocycles. The van der Waals surface area contributed by atoms with Crippen molar-refractivity contribution < 1.29 is 14.6 Å². The normalized spacial score (nSPS) is 18.9. The second kappa shape index (κ2) is 6.03. The highest BCUT2D eigenvalue weighted by atomic mass is 16.5. The van der Waals surface area contributed by atoms with Gasteiger partial charge in [0, 0.05) is 18.0 Å². The fourth-order valence-corrected chi connectivity index (χ4v) is 2.86. The van der Waals surface area contributed by atoms with E-state index in [0.29, 0.717) is 37.2 Å². The number of nitrogens with zero attached hydrogens (tertiary/aromatic N) is 1. The third-order valence-corrected chi connectivity index (χ3v) is 4.67. The lowest BCUT2D eigenvalue weighted by Gasteiger charge is -2.39.